The number of fused-ring (bicyclic) bond motifs is 1. The summed E-state index contributed by atoms with van der Waals surface area (Å²) >= 11 is 0. The molecule has 2 N–H and O–H groups in total. The van der Waals surface area contributed by atoms with E-state index in [1.807, 2.05) is 17.0 Å². The van der Waals surface area contributed by atoms with E-state index in [-0.39, 0.29) is 12.5 Å². The standard InChI is InChI=1S/C19H23N3O2/c23-12-14-6-4-13(5-7-14)10-15-8-9-22(11-15)19(24)18-16-2-1-3-17(16)20-21-18/h4-7,15,23H,1-3,8-12H2,(H,20,21)/t15-/m0/s1. The zero-order valence-electron chi connectivity index (χ0n) is 13.8. The second-order valence-corrected chi connectivity index (χ2v) is 6.97. The Balaban J connectivity index is 1.39. The first-order valence-electron chi connectivity index (χ1n) is 8.78. The molecule has 1 saturated heterocycles. The minimum Gasteiger partial charge on any atom is -0.392 e. The molecule has 0 radical (unpaired) electrons. The predicted molar refractivity (Wildman–Crippen MR) is 90.7 cm³/mol. The van der Waals surface area contributed by atoms with Crippen LogP contribution >= 0.6 is 0 Å². The predicted octanol–water partition coefficient (Wildman–Crippen LogP) is 2.10. The third kappa shape index (κ3) is 2.84. The van der Waals surface area contributed by atoms with Gasteiger partial charge in [-0.05, 0) is 49.1 Å². The molecular weight excluding hydrogens is 302 g/mol. The smallest absolute Gasteiger partial charge is 0.274 e. The van der Waals surface area contributed by atoms with Crippen molar-refractivity contribution in [3.8, 4) is 0 Å². The summed E-state index contributed by atoms with van der Waals surface area (Å²) in [6.45, 7) is 1.71. The summed E-state index contributed by atoms with van der Waals surface area (Å²) < 4.78 is 0. The molecule has 24 heavy (non-hydrogen) atoms. The van der Waals surface area contributed by atoms with Gasteiger partial charge in [-0.25, -0.2) is 0 Å². The highest BCUT2D eigenvalue weighted by molar-refractivity contribution is 5.94. The van der Waals surface area contributed by atoms with E-state index >= 15 is 0 Å². The number of aliphatic hydroxyl groups excluding tert-OH is 1. The lowest BCUT2D eigenvalue weighted by atomic mass is 9.98. The lowest BCUT2D eigenvalue weighted by Gasteiger charge is -2.16. The van der Waals surface area contributed by atoms with Gasteiger partial charge in [0.05, 0.1) is 6.61 Å². The van der Waals surface area contributed by atoms with Gasteiger partial charge in [-0.15, -0.1) is 0 Å². The van der Waals surface area contributed by atoms with Crippen molar-refractivity contribution < 1.29 is 9.90 Å². The van der Waals surface area contributed by atoms with Crippen molar-refractivity contribution in [2.45, 2.75) is 38.7 Å². The number of aromatic amines is 1. The third-order valence-electron chi connectivity index (χ3n) is 5.31. The molecule has 1 atom stereocenters. The van der Waals surface area contributed by atoms with Crippen LogP contribution in [0.25, 0.3) is 0 Å². The SMILES string of the molecule is O=C(c1n[nH]c2c1CCC2)N1CC[C@@H](Cc2ccc(CO)cc2)C1. The van der Waals surface area contributed by atoms with Crippen LogP contribution in [-0.2, 0) is 25.9 Å². The molecule has 5 heteroatoms. The van der Waals surface area contributed by atoms with Gasteiger partial charge in [0, 0.05) is 24.3 Å². The molecule has 5 nitrogen and oxygen atoms in total. The van der Waals surface area contributed by atoms with Gasteiger partial charge in [-0.2, -0.15) is 5.10 Å². The molecular formula is C19H23N3O2. The minimum absolute atomic E-state index is 0.0833. The Labute approximate surface area is 141 Å². The number of benzene rings is 1. The van der Waals surface area contributed by atoms with E-state index in [2.05, 4.69) is 22.3 Å². The van der Waals surface area contributed by atoms with Crippen molar-refractivity contribution in [3.63, 3.8) is 0 Å². The average Bonchev–Trinajstić information content (AvgIpc) is 3.31. The Bertz CT molecular complexity index is 736. The number of likely N-dealkylation sites (tertiary alicyclic amines) is 1. The number of hydrogen-bond donors (Lipinski definition) is 2. The van der Waals surface area contributed by atoms with Crippen LogP contribution < -0.4 is 0 Å². The lowest BCUT2D eigenvalue weighted by Crippen LogP contribution is -2.30. The molecule has 2 aromatic rings. The fraction of sp³-hybridized carbons (Fsp3) is 0.474. The van der Waals surface area contributed by atoms with Crippen molar-refractivity contribution in [2.75, 3.05) is 13.1 Å². The highest BCUT2D eigenvalue weighted by Crippen LogP contribution is 2.27. The fourth-order valence-corrected chi connectivity index (χ4v) is 3.94. The lowest BCUT2D eigenvalue weighted by molar-refractivity contribution is 0.0780. The molecule has 0 unspecified atom stereocenters. The van der Waals surface area contributed by atoms with Crippen LogP contribution in [0.2, 0.25) is 0 Å². The van der Waals surface area contributed by atoms with Crippen LogP contribution in [0, 0.1) is 5.92 Å². The molecule has 1 aromatic heterocycles. The summed E-state index contributed by atoms with van der Waals surface area (Å²) in [6.07, 6.45) is 5.13. The summed E-state index contributed by atoms with van der Waals surface area (Å²) in [5, 5.41) is 16.4. The van der Waals surface area contributed by atoms with E-state index in [0.29, 0.717) is 11.6 Å². The number of carbonyl (C=O) groups is 1. The summed E-state index contributed by atoms with van der Waals surface area (Å²) in [5.41, 5.74) is 5.15. The van der Waals surface area contributed by atoms with E-state index in [9.17, 15) is 4.79 Å². The summed E-state index contributed by atoms with van der Waals surface area (Å²) in [6, 6.07) is 8.10. The molecule has 1 fully saturated rings. The number of aromatic nitrogens is 2. The number of aryl methyl sites for hydroxylation is 1. The Hall–Kier alpha value is -2.14. The third-order valence-corrected chi connectivity index (χ3v) is 5.31. The molecule has 1 aliphatic carbocycles. The molecule has 0 saturated carbocycles. The van der Waals surface area contributed by atoms with Crippen LogP contribution in [0.15, 0.2) is 24.3 Å². The number of nitrogens with zero attached hydrogens (tertiary/aromatic N) is 2. The zero-order valence-corrected chi connectivity index (χ0v) is 13.8. The number of H-pyrrole nitrogens is 1. The van der Waals surface area contributed by atoms with Crippen molar-refractivity contribution in [2.24, 2.45) is 5.92 Å². The number of carbonyl (C=O) groups excluding carboxylic acids is 1. The average molecular weight is 325 g/mol. The van der Waals surface area contributed by atoms with Crippen molar-refractivity contribution in [1.29, 1.82) is 0 Å². The highest BCUT2D eigenvalue weighted by Gasteiger charge is 2.31. The number of nitrogens with one attached hydrogen (secondary N) is 1. The molecule has 1 aliphatic heterocycles. The van der Waals surface area contributed by atoms with Crippen molar-refractivity contribution >= 4 is 5.91 Å². The van der Waals surface area contributed by atoms with Gasteiger partial charge >= 0.3 is 0 Å². The molecule has 4 rings (SSSR count). The van der Waals surface area contributed by atoms with E-state index in [1.54, 1.807) is 0 Å². The molecule has 0 spiro atoms. The van der Waals surface area contributed by atoms with Crippen molar-refractivity contribution in [3.05, 3.63) is 52.3 Å². The minimum atomic E-state index is 0.0833. The Kier molecular flexibility index (Phi) is 4.10. The van der Waals surface area contributed by atoms with E-state index in [0.717, 1.165) is 62.0 Å². The topological polar surface area (TPSA) is 69.2 Å². The van der Waals surface area contributed by atoms with Gasteiger partial charge in [0.15, 0.2) is 5.69 Å². The Morgan fingerprint density at radius 2 is 2.04 bits per heavy atom. The Morgan fingerprint density at radius 1 is 1.25 bits per heavy atom. The van der Waals surface area contributed by atoms with Gasteiger partial charge in [0.2, 0.25) is 0 Å². The van der Waals surface area contributed by atoms with Gasteiger partial charge in [0.1, 0.15) is 0 Å². The number of aliphatic hydroxyl groups is 1. The van der Waals surface area contributed by atoms with Crippen LogP contribution in [0.5, 0.6) is 0 Å². The van der Waals surface area contributed by atoms with Crippen molar-refractivity contribution in [1.82, 2.24) is 15.1 Å². The van der Waals surface area contributed by atoms with Crippen LogP contribution in [0.3, 0.4) is 0 Å². The molecule has 2 aliphatic rings. The maximum absolute atomic E-state index is 12.8. The molecule has 1 amide bonds. The second-order valence-electron chi connectivity index (χ2n) is 6.97. The summed E-state index contributed by atoms with van der Waals surface area (Å²) in [4.78, 5) is 14.7. The van der Waals surface area contributed by atoms with Gasteiger partial charge in [-0.1, -0.05) is 24.3 Å². The molecule has 0 bridgehead atoms. The fourth-order valence-electron chi connectivity index (χ4n) is 3.94. The second kappa shape index (κ2) is 6.40. The maximum atomic E-state index is 12.8. The van der Waals surface area contributed by atoms with Gasteiger partial charge in [-0.3, -0.25) is 9.89 Å². The molecule has 126 valence electrons. The number of hydrogen-bond acceptors (Lipinski definition) is 3. The van der Waals surface area contributed by atoms with Gasteiger partial charge in [0.25, 0.3) is 5.91 Å². The first kappa shape index (κ1) is 15.4. The summed E-state index contributed by atoms with van der Waals surface area (Å²) in [7, 11) is 0. The first-order chi connectivity index (χ1) is 11.7. The van der Waals surface area contributed by atoms with E-state index < -0.39 is 0 Å². The molecule has 2 heterocycles. The maximum Gasteiger partial charge on any atom is 0.274 e. The highest BCUT2D eigenvalue weighted by atomic mass is 16.3. The summed E-state index contributed by atoms with van der Waals surface area (Å²) in [5.74, 6) is 0.591. The number of amides is 1. The normalized spacial score (nSPS) is 19.7. The zero-order chi connectivity index (χ0) is 16.5. The quantitative estimate of drug-likeness (QED) is 0.904. The van der Waals surface area contributed by atoms with E-state index in [4.69, 9.17) is 5.11 Å². The van der Waals surface area contributed by atoms with Gasteiger partial charge < -0.3 is 10.0 Å². The van der Waals surface area contributed by atoms with Crippen LogP contribution in [-0.4, -0.2) is 39.2 Å². The molecule has 1 aromatic carbocycles. The number of rotatable bonds is 4. The Morgan fingerprint density at radius 3 is 2.83 bits per heavy atom. The largest absolute Gasteiger partial charge is 0.392 e. The monoisotopic (exact) mass is 325 g/mol. The van der Waals surface area contributed by atoms with Crippen LogP contribution in [0.1, 0.15) is 45.7 Å². The van der Waals surface area contributed by atoms with E-state index in [1.165, 1.54) is 5.56 Å². The van der Waals surface area contributed by atoms with Crippen LogP contribution in [0.4, 0.5) is 0 Å². The first-order valence-corrected chi connectivity index (χ1v) is 8.78.